The lowest BCUT2D eigenvalue weighted by atomic mass is 9.72. The standard InChI is InChI=1S/C43H63FN6O9/c1-12-32-43(8)35(50(40(55)47-43)19-14-13-18-49-23-30(46-24-49)29-16-15-17-45-22-29)27(4)33(51)25(2)21-41(6,56-11)37(28(5)36(53)42(7,44)39(54)58-32)59-38-34(52)31(48(9)10)20-26(3)57-38/h13-17,22-28,31-32,34-35,37-38,52H,12,18-21H2,1-11H3,(H,47,55)/b14-13+/t25-,26-,27+,28+,31+,32-,34-,35-,37-,38+,41+,42+,43-/m1/s1. The topological polar surface area (TPSA) is 175 Å². The number of alkyl halides is 1. The monoisotopic (exact) mass is 826 g/mol. The van der Waals surface area contributed by atoms with Gasteiger partial charge in [0.05, 0.1) is 41.4 Å². The number of nitrogens with one attached hydrogen (secondary N) is 1. The van der Waals surface area contributed by atoms with Crippen molar-refractivity contribution in [2.45, 2.75) is 141 Å². The van der Waals surface area contributed by atoms with Crippen molar-refractivity contribution in [1.29, 1.82) is 0 Å². The van der Waals surface area contributed by atoms with Crippen molar-refractivity contribution in [3.8, 4) is 11.3 Å². The molecule has 3 fully saturated rings. The van der Waals surface area contributed by atoms with Gasteiger partial charge >= 0.3 is 12.0 Å². The van der Waals surface area contributed by atoms with E-state index in [1.54, 1.807) is 53.3 Å². The molecule has 3 saturated heterocycles. The number of hydrogen-bond acceptors (Lipinski definition) is 12. The number of esters is 1. The molecule has 326 valence electrons. The predicted octanol–water partition coefficient (Wildman–Crippen LogP) is 4.37. The third-order valence-electron chi connectivity index (χ3n) is 12.7. The lowest BCUT2D eigenvalue weighted by Gasteiger charge is -2.47. The maximum atomic E-state index is 16.9. The maximum absolute atomic E-state index is 16.9. The van der Waals surface area contributed by atoms with E-state index in [0.29, 0.717) is 13.0 Å². The van der Waals surface area contributed by atoms with Gasteiger partial charge in [0.25, 0.3) is 5.67 Å². The van der Waals surface area contributed by atoms with Crippen LogP contribution in [-0.2, 0) is 39.9 Å². The third kappa shape index (κ3) is 9.31. The Hall–Kier alpha value is -4.09. The highest BCUT2D eigenvalue weighted by Gasteiger charge is 2.60. The van der Waals surface area contributed by atoms with Crippen molar-refractivity contribution in [1.82, 2.24) is 29.7 Å². The number of halogens is 1. The van der Waals surface area contributed by atoms with Gasteiger partial charge in [-0.25, -0.2) is 19.0 Å². The molecule has 16 heteroatoms. The van der Waals surface area contributed by atoms with Gasteiger partial charge in [-0.15, -0.1) is 0 Å². The number of pyridine rings is 1. The minimum atomic E-state index is -3.16. The summed E-state index contributed by atoms with van der Waals surface area (Å²) in [5, 5.41) is 14.4. The highest BCUT2D eigenvalue weighted by molar-refractivity contribution is 6.08. The Balaban J connectivity index is 1.49. The van der Waals surface area contributed by atoms with Crippen LogP contribution in [0.3, 0.4) is 0 Å². The molecule has 0 unspecified atom stereocenters. The number of amides is 2. The number of nitrogens with zero attached hydrogens (tertiary/aromatic N) is 5. The number of ketones is 2. The number of imidazole rings is 1. The molecule has 59 heavy (non-hydrogen) atoms. The average Bonchev–Trinajstić information content (AvgIpc) is 3.78. The first-order valence-electron chi connectivity index (χ1n) is 20.5. The number of ether oxygens (including phenoxy) is 4. The molecule has 3 aliphatic rings. The molecule has 5 heterocycles. The SMILES string of the molecule is CC[C@H]1OC(=O)[C@@](C)(F)C(=O)[C@H](C)[C@@H](O[C@@H]2O[C@H](C)C[C@H](N(C)C)[C@H]2O)[C@@](C)(OC)C[C@@H](C)C(=O)[C@H](C)[C@H]2N(C/C=C/Cn3cnc(-c4cccnc4)c3)C(=O)N[C@]12C. The Labute approximate surface area is 347 Å². The van der Waals surface area contributed by atoms with Gasteiger partial charge in [0, 0.05) is 68.1 Å². The molecule has 0 aliphatic carbocycles. The van der Waals surface area contributed by atoms with Gasteiger partial charge in [0.2, 0.25) is 0 Å². The second-order valence-corrected chi connectivity index (χ2v) is 17.4. The Morgan fingerprint density at radius 3 is 2.41 bits per heavy atom. The first-order chi connectivity index (χ1) is 27.7. The van der Waals surface area contributed by atoms with Crippen LogP contribution in [0.2, 0.25) is 0 Å². The van der Waals surface area contributed by atoms with Crippen LogP contribution in [0.4, 0.5) is 9.18 Å². The highest BCUT2D eigenvalue weighted by atomic mass is 19.1. The second kappa shape index (κ2) is 18.3. The third-order valence-corrected chi connectivity index (χ3v) is 12.7. The van der Waals surface area contributed by atoms with Gasteiger partial charge in [0.1, 0.15) is 18.0 Å². The van der Waals surface area contributed by atoms with Crippen LogP contribution in [0.1, 0.15) is 74.7 Å². The summed E-state index contributed by atoms with van der Waals surface area (Å²) in [7, 11) is 5.06. The number of aliphatic hydroxyl groups excluding tert-OH is 1. The zero-order chi connectivity index (χ0) is 43.6. The van der Waals surface area contributed by atoms with Crippen LogP contribution in [0.25, 0.3) is 11.3 Å². The number of rotatable bonds is 10. The van der Waals surface area contributed by atoms with Crippen molar-refractivity contribution >= 4 is 23.6 Å². The molecular weight excluding hydrogens is 764 g/mol. The van der Waals surface area contributed by atoms with E-state index >= 15 is 4.39 Å². The lowest BCUT2D eigenvalue weighted by molar-refractivity contribution is -0.295. The number of fused-ring (bicyclic) bond motifs is 1. The van der Waals surface area contributed by atoms with Crippen molar-refractivity contribution in [2.75, 3.05) is 27.7 Å². The summed E-state index contributed by atoms with van der Waals surface area (Å²) >= 11 is 0. The Morgan fingerprint density at radius 1 is 1.08 bits per heavy atom. The number of hydrogen-bond donors (Lipinski definition) is 2. The van der Waals surface area contributed by atoms with Crippen molar-refractivity contribution < 1.29 is 47.6 Å². The van der Waals surface area contributed by atoms with Gasteiger partial charge in [-0.1, -0.05) is 39.8 Å². The summed E-state index contributed by atoms with van der Waals surface area (Å²) in [5.41, 5.74) is -4.34. The molecule has 2 aromatic rings. The van der Waals surface area contributed by atoms with E-state index in [0.717, 1.165) is 18.2 Å². The van der Waals surface area contributed by atoms with E-state index in [-0.39, 0.29) is 37.3 Å². The van der Waals surface area contributed by atoms with E-state index in [4.69, 9.17) is 18.9 Å². The number of urea groups is 1. The minimum Gasteiger partial charge on any atom is -0.457 e. The molecule has 3 aliphatic heterocycles. The summed E-state index contributed by atoms with van der Waals surface area (Å²) < 4.78 is 43.4. The predicted molar refractivity (Wildman–Crippen MR) is 217 cm³/mol. The number of aliphatic hydroxyl groups is 1. The number of aromatic nitrogens is 3. The van der Waals surface area contributed by atoms with Crippen LogP contribution in [0.15, 0.2) is 49.2 Å². The molecule has 0 aromatic carbocycles. The summed E-state index contributed by atoms with van der Waals surface area (Å²) in [6, 6.07) is 2.04. The number of cyclic esters (lactones) is 1. The van der Waals surface area contributed by atoms with E-state index < -0.39 is 83.0 Å². The van der Waals surface area contributed by atoms with Gasteiger partial charge in [-0.3, -0.25) is 14.6 Å². The number of carbonyl (C=O) groups excluding carboxylic acids is 4. The molecule has 0 spiro atoms. The smallest absolute Gasteiger partial charge is 0.351 e. The van der Waals surface area contributed by atoms with E-state index in [1.807, 2.05) is 61.0 Å². The largest absolute Gasteiger partial charge is 0.457 e. The molecule has 0 radical (unpaired) electrons. The fourth-order valence-electron chi connectivity index (χ4n) is 9.34. The van der Waals surface area contributed by atoms with Crippen LogP contribution in [-0.4, -0.2) is 140 Å². The number of likely N-dealkylation sites (N-methyl/N-ethyl adjacent to an activating group) is 1. The van der Waals surface area contributed by atoms with Crippen LogP contribution in [0, 0.1) is 17.8 Å². The van der Waals surface area contributed by atoms with Crippen molar-refractivity contribution in [2.24, 2.45) is 17.8 Å². The first kappa shape index (κ1) is 46.0. The van der Waals surface area contributed by atoms with E-state index in [1.165, 1.54) is 18.9 Å². The van der Waals surface area contributed by atoms with Gasteiger partial charge in [0.15, 0.2) is 12.1 Å². The summed E-state index contributed by atoms with van der Waals surface area (Å²) in [6.45, 7) is 13.2. The van der Waals surface area contributed by atoms with Gasteiger partial charge < -0.3 is 43.7 Å². The minimum absolute atomic E-state index is 0.00570. The zero-order valence-electron chi connectivity index (χ0n) is 36.3. The van der Waals surface area contributed by atoms with Crippen LogP contribution in [0.5, 0.6) is 0 Å². The van der Waals surface area contributed by atoms with Crippen molar-refractivity contribution in [3.63, 3.8) is 0 Å². The second-order valence-electron chi connectivity index (χ2n) is 17.4. The molecule has 0 bridgehead atoms. The normalized spacial score (nSPS) is 37.7. The molecule has 15 nitrogen and oxygen atoms in total. The Morgan fingerprint density at radius 2 is 1.78 bits per heavy atom. The van der Waals surface area contributed by atoms with E-state index in [2.05, 4.69) is 15.3 Å². The Kier molecular flexibility index (Phi) is 14.2. The maximum Gasteiger partial charge on any atom is 0.351 e. The van der Waals surface area contributed by atoms with Crippen molar-refractivity contribution in [3.05, 3.63) is 49.2 Å². The summed E-state index contributed by atoms with van der Waals surface area (Å²) in [5.74, 6) is -5.68. The quantitative estimate of drug-likeness (QED) is 0.197. The average molecular weight is 827 g/mol. The van der Waals surface area contributed by atoms with Gasteiger partial charge in [-0.2, -0.15) is 0 Å². The van der Waals surface area contributed by atoms with Crippen LogP contribution >= 0.6 is 0 Å². The first-order valence-corrected chi connectivity index (χ1v) is 20.5. The Bertz CT molecular complexity index is 1840. The number of Topliss-reactive ketones (excluding diaryl/α,β-unsaturated/α-hetero) is 2. The summed E-state index contributed by atoms with van der Waals surface area (Å²) in [4.78, 5) is 68.8. The molecule has 2 aromatic heterocycles. The molecule has 0 saturated carbocycles. The zero-order valence-corrected chi connectivity index (χ0v) is 36.3. The molecular formula is C43H63FN6O9. The fraction of sp³-hybridized carbons (Fsp3) is 0.674. The molecule has 2 amide bonds. The van der Waals surface area contributed by atoms with Crippen LogP contribution < -0.4 is 5.32 Å². The number of carbonyl (C=O) groups is 4. The lowest BCUT2D eigenvalue weighted by Crippen LogP contribution is -2.63. The molecule has 13 atom stereocenters. The molecule has 2 N–H and O–H groups in total. The summed E-state index contributed by atoms with van der Waals surface area (Å²) in [6.07, 6.45) is 6.18. The number of methoxy groups -OCH3 is 1. The number of allylic oxidation sites excluding steroid dienone is 1. The highest BCUT2D eigenvalue weighted by Crippen LogP contribution is 2.41. The van der Waals surface area contributed by atoms with Gasteiger partial charge in [-0.05, 0) is 73.2 Å². The fourth-order valence-corrected chi connectivity index (χ4v) is 9.34. The van der Waals surface area contributed by atoms with E-state index in [9.17, 15) is 24.3 Å². The molecule has 5 rings (SSSR count).